The van der Waals surface area contributed by atoms with Crippen molar-refractivity contribution in [1.82, 2.24) is 15.1 Å². The highest BCUT2D eigenvalue weighted by atomic mass is 35.5. The number of aryl methyl sites for hydroxylation is 1. The van der Waals surface area contributed by atoms with Crippen LogP contribution in [0.5, 0.6) is 0 Å². The number of halogens is 3. The monoisotopic (exact) mass is 605 g/mol. The predicted molar refractivity (Wildman–Crippen MR) is 156 cm³/mol. The van der Waals surface area contributed by atoms with Crippen molar-refractivity contribution in [2.45, 2.75) is 39.1 Å². The molecule has 2 atom stereocenters. The third kappa shape index (κ3) is 6.31. The van der Waals surface area contributed by atoms with Gasteiger partial charge in [0, 0.05) is 37.3 Å². The van der Waals surface area contributed by atoms with Crippen LogP contribution < -0.4 is 5.32 Å². The standard InChI is InChI=1S/C28H26Cl3N3O4S/c1-15-11-21(9-10-25(15)31)27-16(2)26(22-12-23(29)14-24(30)13-22)33-34(27)17(3)19-5-7-20(8-6-19)28(35)32-18(4)39(36,37)38/h5-14,17-18H,1-4H3,(H,32,35)(H,36,37,38). The molecule has 0 bridgehead atoms. The van der Waals surface area contributed by atoms with E-state index in [2.05, 4.69) is 5.32 Å². The summed E-state index contributed by atoms with van der Waals surface area (Å²) in [6.07, 6.45) is 0. The van der Waals surface area contributed by atoms with E-state index in [1.165, 1.54) is 6.92 Å². The number of nitrogens with zero attached hydrogens (tertiary/aromatic N) is 2. The van der Waals surface area contributed by atoms with Gasteiger partial charge >= 0.3 is 0 Å². The lowest BCUT2D eigenvalue weighted by atomic mass is 10.0. The Labute approximate surface area is 242 Å². The zero-order chi connectivity index (χ0) is 28.6. The topological polar surface area (TPSA) is 101 Å². The molecule has 2 N–H and O–H groups in total. The highest BCUT2D eigenvalue weighted by Gasteiger charge is 2.24. The molecule has 0 saturated heterocycles. The van der Waals surface area contributed by atoms with Crippen molar-refractivity contribution < 1.29 is 17.8 Å². The fourth-order valence-corrected chi connectivity index (χ4v) is 5.20. The smallest absolute Gasteiger partial charge is 0.285 e. The maximum atomic E-state index is 12.5. The number of hydrogen-bond donors (Lipinski definition) is 2. The van der Waals surface area contributed by atoms with Crippen molar-refractivity contribution >= 4 is 50.8 Å². The van der Waals surface area contributed by atoms with Crippen molar-refractivity contribution in [2.24, 2.45) is 0 Å². The molecular formula is C28H26Cl3N3O4S. The molecule has 0 radical (unpaired) electrons. The van der Waals surface area contributed by atoms with E-state index in [9.17, 15) is 13.2 Å². The normalized spacial score (nSPS) is 13.2. The van der Waals surface area contributed by atoms with Gasteiger partial charge in [0.05, 0.1) is 17.4 Å². The molecule has 11 heteroatoms. The second kappa shape index (κ2) is 11.3. The van der Waals surface area contributed by atoms with Gasteiger partial charge in [0.2, 0.25) is 0 Å². The lowest BCUT2D eigenvalue weighted by Crippen LogP contribution is -2.38. The summed E-state index contributed by atoms with van der Waals surface area (Å²) in [7, 11) is -4.40. The molecule has 0 aliphatic rings. The van der Waals surface area contributed by atoms with Crippen molar-refractivity contribution in [3.63, 3.8) is 0 Å². The van der Waals surface area contributed by atoms with E-state index in [-0.39, 0.29) is 11.6 Å². The van der Waals surface area contributed by atoms with Crippen LogP contribution in [0.3, 0.4) is 0 Å². The first-order valence-corrected chi connectivity index (χ1v) is 14.6. The summed E-state index contributed by atoms with van der Waals surface area (Å²) >= 11 is 18.9. The summed E-state index contributed by atoms with van der Waals surface area (Å²) in [5.74, 6) is -0.619. The molecule has 1 heterocycles. The van der Waals surface area contributed by atoms with Crippen LogP contribution in [-0.2, 0) is 10.1 Å². The average Bonchev–Trinajstić information content (AvgIpc) is 3.21. The summed E-state index contributed by atoms with van der Waals surface area (Å²) in [6, 6.07) is 17.6. The molecule has 2 unspecified atom stereocenters. The van der Waals surface area contributed by atoms with Gasteiger partial charge in [0.25, 0.3) is 16.0 Å². The SMILES string of the molecule is Cc1cc(-c2c(C)c(-c3cc(Cl)cc(Cl)c3)nn2C(C)c2ccc(C(=O)NC(C)S(=O)(=O)O)cc2)ccc1Cl. The zero-order valence-corrected chi connectivity index (χ0v) is 24.6. The molecule has 1 amide bonds. The Bertz CT molecular complexity index is 1650. The van der Waals surface area contributed by atoms with Gasteiger partial charge in [-0.15, -0.1) is 0 Å². The third-order valence-electron chi connectivity index (χ3n) is 6.52. The Balaban J connectivity index is 1.77. The first-order chi connectivity index (χ1) is 18.3. The molecule has 0 aliphatic heterocycles. The van der Waals surface area contributed by atoms with Crippen LogP contribution in [0.4, 0.5) is 0 Å². The molecular weight excluding hydrogens is 581 g/mol. The molecule has 39 heavy (non-hydrogen) atoms. The summed E-state index contributed by atoms with van der Waals surface area (Å²) in [5.41, 5.74) is 6.29. The maximum absolute atomic E-state index is 12.5. The molecule has 3 aromatic carbocycles. The van der Waals surface area contributed by atoms with Crippen LogP contribution in [0.25, 0.3) is 22.5 Å². The van der Waals surface area contributed by atoms with Gasteiger partial charge in [-0.2, -0.15) is 13.5 Å². The zero-order valence-electron chi connectivity index (χ0n) is 21.5. The number of benzene rings is 3. The Morgan fingerprint density at radius 2 is 1.54 bits per heavy atom. The van der Waals surface area contributed by atoms with Crippen LogP contribution in [0, 0.1) is 13.8 Å². The van der Waals surface area contributed by atoms with Crippen LogP contribution >= 0.6 is 34.8 Å². The lowest BCUT2D eigenvalue weighted by molar-refractivity contribution is 0.0948. The van der Waals surface area contributed by atoms with E-state index in [1.807, 2.05) is 55.8 Å². The quantitative estimate of drug-likeness (QED) is 0.214. The van der Waals surface area contributed by atoms with Crippen molar-refractivity contribution in [3.05, 3.63) is 98.0 Å². The van der Waals surface area contributed by atoms with Crippen LogP contribution in [0.2, 0.25) is 15.1 Å². The predicted octanol–water partition coefficient (Wildman–Crippen LogP) is 7.37. The molecule has 7 nitrogen and oxygen atoms in total. The summed E-state index contributed by atoms with van der Waals surface area (Å²) in [4.78, 5) is 12.5. The van der Waals surface area contributed by atoms with Crippen molar-refractivity contribution in [1.29, 1.82) is 0 Å². The Kier molecular flexibility index (Phi) is 8.44. The Morgan fingerprint density at radius 1 is 0.923 bits per heavy atom. The minimum atomic E-state index is -4.40. The fourth-order valence-electron chi connectivity index (χ4n) is 4.30. The summed E-state index contributed by atoms with van der Waals surface area (Å²) in [6.45, 7) is 7.11. The molecule has 204 valence electrons. The van der Waals surface area contributed by atoms with Crippen molar-refractivity contribution in [2.75, 3.05) is 0 Å². The van der Waals surface area contributed by atoms with Gasteiger partial charge in [-0.1, -0.05) is 53.0 Å². The van der Waals surface area contributed by atoms with Crippen LogP contribution in [0.15, 0.2) is 60.7 Å². The largest absolute Gasteiger partial charge is 0.334 e. The molecule has 4 rings (SSSR count). The van der Waals surface area contributed by atoms with E-state index < -0.39 is 21.4 Å². The number of nitrogens with one attached hydrogen (secondary N) is 1. The van der Waals surface area contributed by atoms with Gasteiger partial charge in [-0.05, 0) is 81.3 Å². The van der Waals surface area contributed by atoms with E-state index in [0.717, 1.165) is 39.2 Å². The molecule has 0 fully saturated rings. The van der Waals surface area contributed by atoms with Crippen molar-refractivity contribution in [3.8, 4) is 22.5 Å². The summed E-state index contributed by atoms with van der Waals surface area (Å²) < 4.78 is 33.6. The molecule has 4 aromatic rings. The van der Waals surface area contributed by atoms with E-state index >= 15 is 0 Å². The molecule has 0 spiro atoms. The van der Waals surface area contributed by atoms with E-state index in [0.29, 0.717) is 15.1 Å². The number of carbonyl (C=O) groups excluding carboxylic acids is 1. The second-order valence-electron chi connectivity index (χ2n) is 9.32. The van der Waals surface area contributed by atoms with Gasteiger partial charge in [-0.25, -0.2) is 0 Å². The Morgan fingerprint density at radius 3 is 2.10 bits per heavy atom. The second-order valence-corrected chi connectivity index (χ2v) is 12.3. The van der Waals surface area contributed by atoms with Gasteiger partial charge in [0.1, 0.15) is 0 Å². The number of hydrogen-bond acceptors (Lipinski definition) is 4. The van der Waals surface area contributed by atoms with E-state index in [1.54, 1.807) is 30.3 Å². The van der Waals surface area contributed by atoms with E-state index in [4.69, 9.17) is 44.5 Å². The number of aromatic nitrogens is 2. The van der Waals surface area contributed by atoms with Gasteiger partial charge in [-0.3, -0.25) is 14.0 Å². The third-order valence-corrected chi connectivity index (χ3v) is 8.39. The minimum absolute atomic E-state index is 0.251. The first kappa shape index (κ1) is 29.1. The average molecular weight is 607 g/mol. The number of rotatable bonds is 7. The minimum Gasteiger partial charge on any atom is -0.334 e. The van der Waals surface area contributed by atoms with Crippen LogP contribution in [-0.4, -0.2) is 34.0 Å². The first-order valence-electron chi connectivity index (χ1n) is 12.0. The van der Waals surface area contributed by atoms with Crippen LogP contribution in [0.1, 0.15) is 46.9 Å². The number of carbonyl (C=O) groups is 1. The fraction of sp³-hybridized carbons (Fsp3) is 0.214. The van der Waals surface area contributed by atoms with Gasteiger partial charge in [0.15, 0.2) is 5.37 Å². The maximum Gasteiger partial charge on any atom is 0.285 e. The van der Waals surface area contributed by atoms with Gasteiger partial charge < -0.3 is 5.32 Å². The highest BCUT2D eigenvalue weighted by Crippen LogP contribution is 2.37. The molecule has 1 aromatic heterocycles. The molecule has 0 aliphatic carbocycles. The molecule has 0 saturated carbocycles. The Hall–Kier alpha value is -2.88. The number of amides is 1. The summed E-state index contributed by atoms with van der Waals surface area (Å²) in [5, 5.41) is 7.48. The lowest BCUT2D eigenvalue weighted by Gasteiger charge is -2.18. The highest BCUT2D eigenvalue weighted by molar-refractivity contribution is 7.86.